The van der Waals surface area contributed by atoms with E-state index >= 15 is 0 Å². The lowest BCUT2D eigenvalue weighted by atomic mass is 10.0. The van der Waals surface area contributed by atoms with Gasteiger partial charge in [-0.05, 0) is 18.2 Å². The molecule has 0 amide bonds. The molecule has 0 atom stereocenters. The van der Waals surface area contributed by atoms with Crippen LogP contribution in [0.3, 0.4) is 0 Å². The lowest BCUT2D eigenvalue weighted by Gasteiger charge is -2.15. The quantitative estimate of drug-likeness (QED) is 0.586. The van der Waals surface area contributed by atoms with Gasteiger partial charge in [0.15, 0.2) is 5.78 Å². The van der Waals surface area contributed by atoms with E-state index in [0.717, 1.165) is 5.56 Å². The van der Waals surface area contributed by atoms with Crippen LogP contribution in [0.1, 0.15) is 15.9 Å². The van der Waals surface area contributed by atoms with Crippen molar-refractivity contribution in [1.82, 2.24) is 5.43 Å². The van der Waals surface area contributed by atoms with Crippen LogP contribution in [0.5, 0.6) is 0 Å². The molecule has 13 heavy (non-hydrogen) atoms. The third kappa shape index (κ3) is 1.28. The average Bonchev–Trinajstić information content (AvgIpc) is 2.18. The summed E-state index contributed by atoms with van der Waals surface area (Å²) in [7, 11) is 0. The second kappa shape index (κ2) is 2.92. The van der Waals surface area contributed by atoms with Gasteiger partial charge < -0.3 is 5.43 Å². The van der Waals surface area contributed by atoms with Crippen LogP contribution in [0.15, 0.2) is 18.2 Å². The predicted octanol–water partition coefficient (Wildman–Crippen LogP) is 0.795. The first-order chi connectivity index (χ1) is 6.31. The molecule has 3 nitrogen and oxygen atoms in total. The van der Waals surface area contributed by atoms with Crippen LogP contribution >= 0.6 is 0 Å². The van der Waals surface area contributed by atoms with Gasteiger partial charge in [-0.1, -0.05) is 5.92 Å². The first-order valence-corrected chi connectivity index (χ1v) is 3.87. The second-order valence-electron chi connectivity index (χ2n) is 2.76. The number of nitrogens with one attached hydrogen (secondary N) is 1. The molecule has 1 N–H and O–H groups in total. The van der Waals surface area contributed by atoms with E-state index in [9.17, 15) is 4.79 Å². The van der Waals surface area contributed by atoms with E-state index in [1.165, 1.54) is 0 Å². The van der Waals surface area contributed by atoms with Crippen molar-refractivity contribution in [2.45, 2.75) is 0 Å². The van der Waals surface area contributed by atoms with Gasteiger partial charge in [-0.2, -0.15) is 0 Å². The molecule has 1 aliphatic heterocycles. The first kappa shape index (κ1) is 7.84. The highest BCUT2D eigenvalue weighted by atomic mass is 16.1. The molecule has 1 aliphatic rings. The molecule has 3 heteroatoms. The Labute approximate surface area is 76.1 Å². The molecule has 1 aromatic rings. The van der Waals surface area contributed by atoms with Gasteiger partial charge in [0.25, 0.3) is 0 Å². The van der Waals surface area contributed by atoms with E-state index in [2.05, 4.69) is 16.8 Å². The Morgan fingerprint density at radius 3 is 3.15 bits per heavy atom. The van der Waals surface area contributed by atoms with Crippen LogP contribution in [0.25, 0.3) is 0 Å². The maximum Gasteiger partial charge on any atom is 0.182 e. The van der Waals surface area contributed by atoms with Gasteiger partial charge in [-0.3, -0.25) is 4.79 Å². The summed E-state index contributed by atoms with van der Waals surface area (Å²) in [5, 5.41) is 0. The average molecular weight is 171 g/mol. The first-order valence-electron chi connectivity index (χ1n) is 3.87. The number of ketones is 1. The standard InChI is InChI=1S/C10H7N2O/c1-2-7-3-4-8-9(5-7)12-11-6-10(8)13/h1,3-5,12H,6H2. The van der Waals surface area contributed by atoms with Crippen LogP contribution in [0, 0.1) is 12.3 Å². The van der Waals surface area contributed by atoms with Gasteiger partial charge in [-0.15, -0.1) is 11.8 Å². The van der Waals surface area contributed by atoms with Gasteiger partial charge >= 0.3 is 0 Å². The minimum absolute atomic E-state index is 0.0253. The number of terminal acetylenes is 1. The van der Waals surface area contributed by atoms with Crippen molar-refractivity contribution in [3.63, 3.8) is 0 Å². The predicted molar refractivity (Wildman–Crippen MR) is 49.3 cm³/mol. The molecule has 0 spiro atoms. The number of hydrogen-bond acceptors (Lipinski definition) is 2. The Hall–Kier alpha value is -1.79. The molecule has 1 radical (unpaired) electrons. The van der Waals surface area contributed by atoms with Crippen LogP contribution in [-0.4, -0.2) is 12.3 Å². The van der Waals surface area contributed by atoms with E-state index in [1.807, 2.05) is 0 Å². The maximum atomic E-state index is 11.3. The Bertz CT molecular complexity index is 404. The summed E-state index contributed by atoms with van der Waals surface area (Å²) < 4.78 is 0. The molecule has 0 bridgehead atoms. The molecule has 63 valence electrons. The fourth-order valence-electron chi connectivity index (χ4n) is 1.25. The highest BCUT2D eigenvalue weighted by Gasteiger charge is 2.16. The van der Waals surface area contributed by atoms with Crippen molar-refractivity contribution >= 4 is 11.5 Å². The van der Waals surface area contributed by atoms with E-state index in [1.54, 1.807) is 18.2 Å². The van der Waals surface area contributed by atoms with Crippen molar-refractivity contribution in [2.24, 2.45) is 0 Å². The summed E-state index contributed by atoms with van der Waals surface area (Å²) in [6, 6.07) is 5.23. The van der Waals surface area contributed by atoms with Crippen molar-refractivity contribution in [3.05, 3.63) is 29.3 Å². The summed E-state index contributed by atoms with van der Waals surface area (Å²) in [4.78, 5) is 11.3. The lowest BCUT2D eigenvalue weighted by molar-refractivity contribution is 0.0988. The van der Waals surface area contributed by atoms with Crippen molar-refractivity contribution in [1.29, 1.82) is 0 Å². The third-order valence-electron chi connectivity index (χ3n) is 1.91. The number of rotatable bonds is 0. The van der Waals surface area contributed by atoms with Crippen LogP contribution in [-0.2, 0) is 0 Å². The molecular weight excluding hydrogens is 164 g/mol. The van der Waals surface area contributed by atoms with Gasteiger partial charge in [0.05, 0.1) is 12.2 Å². The lowest BCUT2D eigenvalue weighted by Crippen LogP contribution is -2.28. The van der Waals surface area contributed by atoms with Crippen molar-refractivity contribution < 1.29 is 4.79 Å². The number of anilines is 1. The van der Waals surface area contributed by atoms with E-state index in [0.29, 0.717) is 11.3 Å². The third-order valence-corrected chi connectivity index (χ3v) is 1.91. The number of hydrogen-bond donors (Lipinski definition) is 1. The van der Waals surface area contributed by atoms with Crippen LogP contribution < -0.4 is 10.9 Å². The largest absolute Gasteiger partial charge is 0.303 e. The topological polar surface area (TPSA) is 43.2 Å². The molecular formula is C10H7N2O. The van der Waals surface area contributed by atoms with Gasteiger partial charge in [0.1, 0.15) is 0 Å². The highest BCUT2D eigenvalue weighted by Crippen LogP contribution is 2.19. The van der Waals surface area contributed by atoms with Crippen LogP contribution in [0.2, 0.25) is 0 Å². The minimum atomic E-state index is 0.0253. The molecule has 0 fully saturated rings. The molecule has 2 rings (SSSR count). The Morgan fingerprint density at radius 1 is 1.54 bits per heavy atom. The second-order valence-corrected chi connectivity index (χ2v) is 2.76. The Balaban J connectivity index is 2.53. The summed E-state index contributed by atoms with van der Waals surface area (Å²) in [6.07, 6.45) is 5.22. The Kier molecular flexibility index (Phi) is 1.76. The molecule has 0 aromatic heterocycles. The van der Waals surface area contributed by atoms with Crippen molar-refractivity contribution in [3.8, 4) is 12.3 Å². The number of fused-ring (bicyclic) bond motifs is 1. The fourth-order valence-corrected chi connectivity index (χ4v) is 1.25. The highest BCUT2D eigenvalue weighted by molar-refractivity contribution is 6.04. The molecule has 0 unspecified atom stereocenters. The van der Waals surface area contributed by atoms with E-state index < -0.39 is 0 Å². The zero-order valence-electron chi connectivity index (χ0n) is 6.87. The van der Waals surface area contributed by atoms with Crippen molar-refractivity contribution in [2.75, 3.05) is 12.0 Å². The molecule has 1 heterocycles. The van der Waals surface area contributed by atoms with E-state index in [-0.39, 0.29) is 12.3 Å². The zero-order chi connectivity index (χ0) is 9.26. The minimum Gasteiger partial charge on any atom is -0.303 e. The number of benzene rings is 1. The zero-order valence-corrected chi connectivity index (χ0v) is 6.87. The SMILES string of the molecule is C#Cc1ccc2c(c1)N[N]CC2=O. The number of nitrogens with zero attached hydrogens (tertiary/aromatic N) is 1. The monoisotopic (exact) mass is 171 g/mol. The molecule has 0 saturated carbocycles. The fraction of sp³-hybridized carbons (Fsp3) is 0.100. The normalized spacial score (nSPS) is 14.2. The van der Waals surface area contributed by atoms with Gasteiger partial charge in [0, 0.05) is 11.1 Å². The molecule has 0 saturated heterocycles. The smallest absolute Gasteiger partial charge is 0.182 e. The number of carbonyl (C=O) groups is 1. The summed E-state index contributed by atoms with van der Waals surface area (Å²) >= 11 is 0. The molecule has 0 aliphatic carbocycles. The van der Waals surface area contributed by atoms with E-state index in [4.69, 9.17) is 6.42 Å². The van der Waals surface area contributed by atoms with Gasteiger partial charge in [0.2, 0.25) is 0 Å². The maximum absolute atomic E-state index is 11.3. The molecule has 1 aromatic carbocycles. The number of Topliss-reactive ketones (excluding diaryl/α,β-unsaturated/α-hetero) is 1. The summed E-state index contributed by atoms with van der Waals surface area (Å²) in [5.41, 5.74) is 8.69. The van der Waals surface area contributed by atoms with Gasteiger partial charge in [-0.25, -0.2) is 0 Å². The summed E-state index contributed by atoms with van der Waals surface area (Å²) in [6.45, 7) is 0.197. The Morgan fingerprint density at radius 2 is 2.38 bits per heavy atom. The van der Waals surface area contributed by atoms with Crippen LogP contribution in [0.4, 0.5) is 5.69 Å². The number of carbonyl (C=O) groups excluding carboxylic acids is 1. The summed E-state index contributed by atoms with van der Waals surface area (Å²) in [5.74, 6) is 2.52.